The molecule has 0 spiro atoms. The monoisotopic (exact) mass is 306 g/mol. The summed E-state index contributed by atoms with van der Waals surface area (Å²) in [4.78, 5) is 56.8. The Morgan fingerprint density at radius 2 is 1.22 bits per heavy atom. The van der Waals surface area contributed by atoms with Crippen LogP contribution in [0.2, 0.25) is 0 Å². The molecule has 0 radical (unpaired) electrons. The summed E-state index contributed by atoms with van der Waals surface area (Å²) in [5.74, 6) is -8.05. The molecule has 0 amide bonds. The molecule has 0 heterocycles. The van der Waals surface area contributed by atoms with Gasteiger partial charge in [-0.1, -0.05) is 6.92 Å². The van der Waals surface area contributed by atoms with E-state index < -0.39 is 44.4 Å². The second-order valence-electron chi connectivity index (χ2n) is 3.58. The van der Waals surface area contributed by atoms with Gasteiger partial charge < -0.3 is 29.8 Å². The number of carboxylic acid groups (broad SMARTS) is 2. The van der Waals surface area contributed by atoms with Gasteiger partial charge >= 0.3 is 27.1 Å². The largest absolute Gasteiger partial charge is 0.481 e. The lowest BCUT2D eigenvalue weighted by Gasteiger charge is -2.27. The van der Waals surface area contributed by atoms with E-state index in [2.05, 4.69) is 0 Å². The molecule has 0 saturated carbocycles. The summed E-state index contributed by atoms with van der Waals surface area (Å²) in [7, 11) is -11.0. The maximum Gasteiger partial charge on any atom is 0.341 e. The van der Waals surface area contributed by atoms with Crippen molar-refractivity contribution in [1.82, 2.24) is 0 Å². The normalized spacial score (nSPS) is 16.3. The quantitative estimate of drug-likeness (QED) is 0.335. The smallest absolute Gasteiger partial charge is 0.341 e. The summed E-state index contributed by atoms with van der Waals surface area (Å²) in [6.07, 6.45) is 0. The lowest BCUT2D eigenvalue weighted by atomic mass is 9.96. The molecular formula is C6H12O10P2. The van der Waals surface area contributed by atoms with E-state index in [-0.39, 0.29) is 0 Å². The minimum Gasteiger partial charge on any atom is -0.481 e. The Balaban J connectivity index is 5.83. The number of hydrogen-bond acceptors (Lipinski definition) is 4. The van der Waals surface area contributed by atoms with Crippen molar-refractivity contribution < 1.29 is 48.5 Å². The van der Waals surface area contributed by atoms with Gasteiger partial charge in [0.15, 0.2) is 5.40 Å². The van der Waals surface area contributed by atoms with E-state index in [1.807, 2.05) is 0 Å². The number of carbonyl (C=O) groups is 2. The minimum atomic E-state index is -5.51. The zero-order chi connectivity index (χ0) is 14.9. The van der Waals surface area contributed by atoms with E-state index in [0.717, 1.165) is 6.92 Å². The molecule has 0 aliphatic heterocycles. The van der Waals surface area contributed by atoms with Crippen molar-refractivity contribution in [3.05, 3.63) is 0 Å². The molecule has 106 valence electrons. The van der Waals surface area contributed by atoms with E-state index in [9.17, 15) is 18.7 Å². The van der Waals surface area contributed by atoms with Crippen LogP contribution in [0.1, 0.15) is 6.92 Å². The molecular weight excluding hydrogens is 294 g/mol. The van der Waals surface area contributed by atoms with Crippen LogP contribution < -0.4 is 0 Å². The van der Waals surface area contributed by atoms with Crippen LogP contribution in [0, 0.1) is 11.8 Å². The topological polar surface area (TPSA) is 190 Å². The molecule has 0 saturated heterocycles. The second kappa shape index (κ2) is 5.48. The maximum atomic E-state index is 11.0. The Kier molecular flexibility index (Phi) is 5.25. The van der Waals surface area contributed by atoms with Crippen molar-refractivity contribution in [1.29, 1.82) is 0 Å². The van der Waals surface area contributed by atoms with Gasteiger partial charge in [0.05, 0.1) is 11.8 Å². The standard InChI is InChI=1S/C6H12O10P2/c1-2(4(7)8)3(5(9)10)6(17(11,12)13)18(14,15)16/h2-3,6H,1H3,(H,7,8)(H,9,10)(H2,11,12,13)(H2,14,15,16). The van der Waals surface area contributed by atoms with Gasteiger partial charge in [0.2, 0.25) is 0 Å². The van der Waals surface area contributed by atoms with E-state index >= 15 is 0 Å². The van der Waals surface area contributed by atoms with Crippen LogP contribution in [0.25, 0.3) is 0 Å². The van der Waals surface area contributed by atoms with Crippen LogP contribution in [-0.4, -0.2) is 47.1 Å². The highest BCUT2D eigenvalue weighted by Gasteiger charge is 2.54. The number of aliphatic carboxylic acids is 2. The van der Waals surface area contributed by atoms with Crippen molar-refractivity contribution in [3.63, 3.8) is 0 Å². The van der Waals surface area contributed by atoms with Crippen molar-refractivity contribution in [3.8, 4) is 0 Å². The summed E-state index contributed by atoms with van der Waals surface area (Å²) in [6, 6.07) is 0. The number of hydrogen-bond donors (Lipinski definition) is 6. The third kappa shape index (κ3) is 4.16. The molecule has 0 aromatic rings. The fraction of sp³-hybridized carbons (Fsp3) is 0.667. The van der Waals surface area contributed by atoms with Crippen LogP contribution in [0.3, 0.4) is 0 Å². The molecule has 0 fully saturated rings. The Labute approximate surface area is 101 Å². The van der Waals surface area contributed by atoms with Crippen LogP contribution in [0.5, 0.6) is 0 Å². The highest BCUT2D eigenvalue weighted by Crippen LogP contribution is 2.63. The lowest BCUT2D eigenvalue weighted by Crippen LogP contribution is -2.37. The zero-order valence-corrected chi connectivity index (χ0v) is 10.7. The van der Waals surface area contributed by atoms with Gasteiger partial charge in [0.1, 0.15) is 0 Å². The van der Waals surface area contributed by atoms with Crippen molar-refractivity contribution >= 4 is 27.1 Å². The predicted octanol–water partition coefficient (Wildman–Crippen LogP) is -0.911. The summed E-state index contributed by atoms with van der Waals surface area (Å²) in [5.41, 5.74) is 0. The molecule has 10 nitrogen and oxygen atoms in total. The van der Waals surface area contributed by atoms with Crippen molar-refractivity contribution in [2.75, 3.05) is 0 Å². The Bertz CT molecular complexity index is 410. The Hall–Kier alpha value is -0.760. The van der Waals surface area contributed by atoms with Crippen LogP contribution in [-0.2, 0) is 18.7 Å². The van der Waals surface area contributed by atoms with E-state index in [1.165, 1.54) is 0 Å². The molecule has 0 bridgehead atoms. The SMILES string of the molecule is CC(C(=O)O)C(C(=O)O)C(P(=O)(O)O)P(=O)(O)O. The fourth-order valence-corrected chi connectivity index (χ4v) is 4.54. The van der Waals surface area contributed by atoms with Gasteiger partial charge in [0.25, 0.3) is 0 Å². The number of rotatable bonds is 6. The van der Waals surface area contributed by atoms with E-state index in [1.54, 1.807) is 0 Å². The van der Waals surface area contributed by atoms with Gasteiger partial charge in [-0.15, -0.1) is 0 Å². The molecule has 12 heteroatoms. The maximum absolute atomic E-state index is 11.0. The second-order valence-corrected chi connectivity index (χ2v) is 7.46. The summed E-state index contributed by atoms with van der Waals surface area (Å²) >= 11 is 0. The van der Waals surface area contributed by atoms with Gasteiger partial charge in [-0.05, 0) is 0 Å². The van der Waals surface area contributed by atoms with Crippen molar-refractivity contribution in [2.24, 2.45) is 11.8 Å². The average Bonchev–Trinajstić information content (AvgIpc) is 2.07. The molecule has 0 aliphatic rings. The summed E-state index contributed by atoms with van der Waals surface area (Å²) in [6.45, 7) is 0.791. The molecule has 2 unspecified atom stereocenters. The predicted molar refractivity (Wildman–Crippen MR) is 55.8 cm³/mol. The van der Waals surface area contributed by atoms with Gasteiger partial charge in [-0.25, -0.2) is 0 Å². The van der Waals surface area contributed by atoms with Gasteiger partial charge in [-0.3, -0.25) is 18.7 Å². The van der Waals surface area contributed by atoms with E-state index in [4.69, 9.17) is 29.8 Å². The minimum absolute atomic E-state index is 0.791. The molecule has 18 heavy (non-hydrogen) atoms. The molecule has 6 N–H and O–H groups in total. The summed E-state index contributed by atoms with van der Waals surface area (Å²) < 4.78 is 22.0. The van der Waals surface area contributed by atoms with Crippen LogP contribution in [0.15, 0.2) is 0 Å². The zero-order valence-electron chi connectivity index (χ0n) is 8.94. The highest BCUT2D eigenvalue weighted by atomic mass is 31.2. The first-order valence-electron chi connectivity index (χ1n) is 4.36. The lowest BCUT2D eigenvalue weighted by molar-refractivity contribution is -0.152. The number of carboxylic acids is 2. The van der Waals surface area contributed by atoms with Crippen molar-refractivity contribution in [2.45, 2.75) is 12.3 Å². The molecule has 0 aromatic carbocycles. The molecule has 0 rings (SSSR count). The van der Waals surface area contributed by atoms with Crippen LogP contribution >= 0.6 is 15.2 Å². The third-order valence-electron chi connectivity index (χ3n) is 2.22. The molecule has 0 aromatic heterocycles. The highest BCUT2D eigenvalue weighted by molar-refractivity contribution is 7.71. The first-order valence-corrected chi connectivity index (χ1v) is 7.72. The molecule has 0 aliphatic carbocycles. The third-order valence-corrected chi connectivity index (χ3v) is 6.05. The Morgan fingerprint density at radius 1 is 0.889 bits per heavy atom. The Morgan fingerprint density at radius 3 is 1.39 bits per heavy atom. The van der Waals surface area contributed by atoms with Gasteiger partial charge in [0, 0.05) is 0 Å². The fourth-order valence-electron chi connectivity index (χ4n) is 1.37. The van der Waals surface area contributed by atoms with Crippen LogP contribution in [0.4, 0.5) is 0 Å². The first kappa shape index (κ1) is 17.2. The first-order chi connectivity index (χ1) is 7.80. The average molecular weight is 306 g/mol. The summed E-state index contributed by atoms with van der Waals surface area (Å²) in [5, 5.41) is 14.5. The molecule has 2 atom stereocenters. The van der Waals surface area contributed by atoms with Gasteiger partial charge in [-0.2, -0.15) is 0 Å². The van der Waals surface area contributed by atoms with E-state index in [0.29, 0.717) is 0 Å².